The van der Waals surface area contributed by atoms with Crippen LogP contribution in [0, 0.1) is 6.92 Å². The number of anilines is 1. The fourth-order valence-corrected chi connectivity index (χ4v) is 2.64. The Kier molecular flexibility index (Phi) is 3.69. The van der Waals surface area contributed by atoms with Gasteiger partial charge in [-0.25, -0.2) is 4.98 Å². The average Bonchev–Trinajstić information content (AvgIpc) is 2.63. The summed E-state index contributed by atoms with van der Waals surface area (Å²) < 4.78 is 0. The molecule has 0 radical (unpaired) electrons. The first-order chi connectivity index (χ1) is 7.66. The minimum Gasteiger partial charge on any atom is -0.377 e. The van der Waals surface area contributed by atoms with Crippen LogP contribution in [0.25, 0.3) is 0 Å². The predicted octanol–water partition coefficient (Wildman–Crippen LogP) is 4.37. The molecule has 2 heterocycles. The van der Waals surface area contributed by atoms with Crippen molar-refractivity contribution in [3.8, 4) is 0 Å². The molecular weight excluding hydrogens is 263 g/mol. The van der Waals surface area contributed by atoms with Crippen LogP contribution in [-0.4, -0.2) is 4.98 Å². The van der Waals surface area contributed by atoms with E-state index in [4.69, 9.17) is 23.2 Å². The minimum absolute atomic E-state index is 0.502. The van der Waals surface area contributed by atoms with E-state index in [0.29, 0.717) is 11.7 Å². The Morgan fingerprint density at radius 2 is 2.25 bits per heavy atom. The normalized spacial score (nSPS) is 10.4. The smallest absolute Gasteiger partial charge is 0.152 e. The van der Waals surface area contributed by atoms with E-state index in [0.717, 1.165) is 16.3 Å². The number of halogens is 2. The molecule has 0 unspecified atom stereocenters. The van der Waals surface area contributed by atoms with Crippen molar-refractivity contribution >= 4 is 40.2 Å². The Morgan fingerprint density at radius 1 is 1.44 bits per heavy atom. The van der Waals surface area contributed by atoms with Crippen LogP contribution in [0.15, 0.2) is 23.7 Å². The quantitative estimate of drug-likeness (QED) is 0.840. The first kappa shape index (κ1) is 11.7. The van der Waals surface area contributed by atoms with Crippen LogP contribution in [0.1, 0.15) is 10.4 Å². The van der Waals surface area contributed by atoms with Crippen LogP contribution in [0.5, 0.6) is 0 Å². The molecule has 1 N–H and O–H groups in total. The Morgan fingerprint density at radius 3 is 2.88 bits per heavy atom. The van der Waals surface area contributed by atoms with Gasteiger partial charge in [-0.3, -0.25) is 0 Å². The lowest BCUT2D eigenvalue weighted by Crippen LogP contribution is -2.00. The third-order valence-corrected chi connectivity index (χ3v) is 3.75. The summed E-state index contributed by atoms with van der Waals surface area (Å²) in [4.78, 5) is 5.21. The van der Waals surface area contributed by atoms with Crippen molar-refractivity contribution in [3.63, 3.8) is 0 Å². The summed E-state index contributed by atoms with van der Waals surface area (Å²) >= 11 is 13.5. The van der Waals surface area contributed by atoms with E-state index in [1.54, 1.807) is 17.5 Å². The third kappa shape index (κ3) is 2.67. The van der Waals surface area contributed by atoms with Crippen LogP contribution < -0.4 is 5.32 Å². The van der Waals surface area contributed by atoms with Crippen molar-refractivity contribution in [3.05, 3.63) is 44.3 Å². The van der Waals surface area contributed by atoms with E-state index >= 15 is 0 Å². The maximum absolute atomic E-state index is 6.00. The lowest BCUT2D eigenvalue weighted by Gasteiger charge is -2.09. The second-order valence-corrected chi connectivity index (χ2v) is 5.17. The summed E-state index contributed by atoms with van der Waals surface area (Å²) in [6, 6.07) is 3.87. The van der Waals surface area contributed by atoms with E-state index in [1.165, 1.54) is 4.88 Å². The first-order valence-corrected chi connectivity index (χ1v) is 6.38. The second kappa shape index (κ2) is 5.04. The average molecular weight is 273 g/mol. The maximum Gasteiger partial charge on any atom is 0.152 e. The summed E-state index contributed by atoms with van der Waals surface area (Å²) in [5.41, 5.74) is 1.97. The van der Waals surface area contributed by atoms with Crippen LogP contribution in [0.3, 0.4) is 0 Å². The molecule has 2 rings (SSSR count). The van der Waals surface area contributed by atoms with E-state index < -0.39 is 0 Å². The van der Waals surface area contributed by atoms with Gasteiger partial charge in [0.1, 0.15) is 0 Å². The Balaban J connectivity index is 2.10. The van der Waals surface area contributed by atoms with Crippen molar-refractivity contribution in [2.24, 2.45) is 0 Å². The summed E-state index contributed by atoms with van der Waals surface area (Å²) in [7, 11) is 0. The van der Waals surface area contributed by atoms with Crippen LogP contribution in [0.2, 0.25) is 10.2 Å². The SMILES string of the molecule is Cc1ccnc(Cl)c1NCc1cc(Cl)cs1. The standard InChI is InChI=1S/C11H10Cl2N2S/c1-7-2-3-14-11(13)10(7)15-5-9-4-8(12)6-16-9/h2-4,6,15H,5H2,1H3. The van der Waals surface area contributed by atoms with Gasteiger partial charge in [0.2, 0.25) is 0 Å². The molecule has 2 aromatic rings. The lowest BCUT2D eigenvalue weighted by molar-refractivity contribution is 1.16. The summed E-state index contributed by atoms with van der Waals surface area (Å²) in [5.74, 6) is 0. The van der Waals surface area contributed by atoms with Crippen molar-refractivity contribution in [2.45, 2.75) is 13.5 Å². The van der Waals surface area contributed by atoms with Gasteiger partial charge in [0, 0.05) is 23.0 Å². The topological polar surface area (TPSA) is 24.9 Å². The van der Waals surface area contributed by atoms with Crippen LogP contribution in [-0.2, 0) is 6.54 Å². The number of aromatic nitrogens is 1. The van der Waals surface area contributed by atoms with Gasteiger partial charge in [-0.1, -0.05) is 23.2 Å². The summed E-state index contributed by atoms with van der Waals surface area (Å²) in [5, 5.41) is 6.46. The maximum atomic E-state index is 6.00. The highest BCUT2D eigenvalue weighted by atomic mass is 35.5. The zero-order valence-corrected chi connectivity index (χ0v) is 11.0. The van der Waals surface area contributed by atoms with Crippen molar-refractivity contribution < 1.29 is 0 Å². The van der Waals surface area contributed by atoms with Gasteiger partial charge in [-0.15, -0.1) is 11.3 Å². The molecule has 0 fully saturated rings. The molecule has 0 amide bonds. The highest BCUT2D eigenvalue weighted by molar-refractivity contribution is 7.10. The van der Waals surface area contributed by atoms with Gasteiger partial charge < -0.3 is 5.32 Å². The molecule has 84 valence electrons. The Hall–Kier alpha value is -0.770. The number of rotatable bonds is 3. The molecule has 0 spiro atoms. The molecule has 0 aliphatic heterocycles. The first-order valence-electron chi connectivity index (χ1n) is 4.74. The van der Waals surface area contributed by atoms with Gasteiger partial charge in [0.25, 0.3) is 0 Å². The van der Waals surface area contributed by atoms with Gasteiger partial charge in [0.05, 0.1) is 10.7 Å². The largest absolute Gasteiger partial charge is 0.377 e. The predicted molar refractivity (Wildman–Crippen MR) is 70.6 cm³/mol. The molecule has 0 atom stereocenters. The van der Waals surface area contributed by atoms with E-state index in [1.807, 2.05) is 24.4 Å². The summed E-state index contributed by atoms with van der Waals surface area (Å²) in [6.45, 7) is 2.71. The van der Waals surface area contributed by atoms with E-state index in [9.17, 15) is 0 Å². The zero-order valence-electron chi connectivity index (χ0n) is 8.63. The fourth-order valence-electron chi connectivity index (χ4n) is 1.36. The lowest BCUT2D eigenvalue weighted by atomic mass is 10.2. The van der Waals surface area contributed by atoms with Crippen molar-refractivity contribution in [1.29, 1.82) is 0 Å². The number of nitrogens with zero attached hydrogens (tertiary/aromatic N) is 1. The van der Waals surface area contributed by atoms with Gasteiger partial charge in [0.15, 0.2) is 5.15 Å². The highest BCUT2D eigenvalue weighted by Gasteiger charge is 2.05. The molecule has 0 aromatic carbocycles. The number of thiophene rings is 1. The Labute approximate surface area is 108 Å². The molecule has 0 bridgehead atoms. The third-order valence-electron chi connectivity index (χ3n) is 2.17. The number of pyridine rings is 1. The fraction of sp³-hybridized carbons (Fsp3) is 0.182. The molecule has 0 saturated heterocycles. The number of nitrogens with one attached hydrogen (secondary N) is 1. The number of aryl methyl sites for hydroxylation is 1. The van der Waals surface area contributed by atoms with E-state index in [2.05, 4.69) is 10.3 Å². The molecule has 0 aliphatic rings. The molecular formula is C11H10Cl2N2S. The molecule has 16 heavy (non-hydrogen) atoms. The minimum atomic E-state index is 0.502. The summed E-state index contributed by atoms with van der Waals surface area (Å²) in [6.07, 6.45) is 1.70. The molecule has 2 aromatic heterocycles. The zero-order chi connectivity index (χ0) is 11.5. The van der Waals surface area contributed by atoms with Crippen LogP contribution in [0.4, 0.5) is 5.69 Å². The van der Waals surface area contributed by atoms with E-state index in [-0.39, 0.29) is 0 Å². The van der Waals surface area contributed by atoms with Crippen molar-refractivity contribution in [1.82, 2.24) is 4.98 Å². The monoisotopic (exact) mass is 272 g/mol. The molecule has 5 heteroatoms. The molecule has 2 nitrogen and oxygen atoms in total. The van der Waals surface area contributed by atoms with Crippen LogP contribution >= 0.6 is 34.5 Å². The van der Waals surface area contributed by atoms with Gasteiger partial charge in [-0.05, 0) is 24.6 Å². The number of hydrogen-bond acceptors (Lipinski definition) is 3. The van der Waals surface area contributed by atoms with Gasteiger partial charge >= 0.3 is 0 Å². The molecule has 0 saturated carbocycles. The van der Waals surface area contributed by atoms with Crippen molar-refractivity contribution in [2.75, 3.05) is 5.32 Å². The highest BCUT2D eigenvalue weighted by Crippen LogP contribution is 2.25. The Bertz CT molecular complexity index is 476. The second-order valence-electron chi connectivity index (χ2n) is 3.38. The molecule has 0 aliphatic carbocycles. The van der Waals surface area contributed by atoms with Gasteiger partial charge in [-0.2, -0.15) is 0 Å². The number of hydrogen-bond donors (Lipinski definition) is 1.